The van der Waals surface area contributed by atoms with E-state index < -0.39 is 0 Å². The van der Waals surface area contributed by atoms with Crippen molar-refractivity contribution in [3.8, 4) is 11.1 Å². The van der Waals surface area contributed by atoms with Crippen LogP contribution in [0.25, 0.3) is 11.1 Å². The van der Waals surface area contributed by atoms with Gasteiger partial charge in [-0.15, -0.1) is 0 Å². The Kier molecular flexibility index (Phi) is 4.95. The van der Waals surface area contributed by atoms with Crippen LogP contribution in [-0.4, -0.2) is 68.5 Å². The normalized spacial score (nSPS) is 22.6. The van der Waals surface area contributed by atoms with Crippen molar-refractivity contribution >= 4 is 11.8 Å². The summed E-state index contributed by atoms with van der Waals surface area (Å²) in [6.45, 7) is 0.288. The molecule has 3 heterocycles. The number of hydrogen-bond donors (Lipinski definition) is 1. The Labute approximate surface area is 180 Å². The number of piperazine rings is 1. The molecule has 0 radical (unpaired) electrons. The third kappa shape index (κ3) is 3.37. The van der Waals surface area contributed by atoms with Gasteiger partial charge in [0.1, 0.15) is 12.2 Å². The van der Waals surface area contributed by atoms with Crippen LogP contribution in [0.4, 0.5) is 0 Å². The molecule has 3 atom stereocenters. The molecule has 0 unspecified atom stereocenters. The van der Waals surface area contributed by atoms with Gasteiger partial charge in [-0.2, -0.15) is 0 Å². The summed E-state index contributed by atoms with van der Waals surface area (Å²) < 4.78 is 0. The number of benzene rings is 2. The number of hydrogen-bond acceptors (Lipinski definition) is 5. The maximum Gasteiger partial charge on any atom is 0.274 e. The molecule has 7 heteroatoms. The van der Waals surface area contributed by atoms with Gasteiger partial charge in [0.15, 0.2) is 0 Å². The number of aromatic nitrogens is 2. The summed E-state index contributed by atoms with van der Waals surface area (Å²) in [5.74, 6) is -0.479. The Balaban J connectivity index is 1.39. The smallest absolute Gasteiger partial charge is 0.274 e. The summed E-state index contributed by atoms with van der Waals surface area (Å²) in [5.41, 5.74) is 3.53. The first-order valence-corrected chi connectivity index (χ1v) is 10.3. The number of aliphatic hydroxyl groups is 1. The van der Waals surface area contributed by atoms with E-state index in [0.717, 1.165) is 16.7 Å². The number of aliphatic hydroxyl groups excluding tert-OH is 1. The summed E-state index contributed by atoms with van der Waals surface area (Å²) >= 11 is 0. The molecule has 2 aromatic carbocycles. The number of nitrogens with zero attached hydrogens (tertiary/aromatic N) is 4. The van der Waals surface area contributed by atoms with E-state index in [1.54, 1.807) is 4.90 Å². The van der Waals surface area contributed by atoms with E-state index >= 15 is 0 Å². The topological polar surface area (TPSA) is 86.6 Å². The second-order valence-corrected chi connectivity index (χ2v) is 7.91. The number of rotatable bonds is 4. The molecular formula is C24H22N4O3. The van der Waals surface area contributed by atoms with E-state index in [9.17, 15) is 14.7 Å². The molecule has 1 aromatic heterocycles. The van der Waals surface area contributed by atoms with E-state index in [2.05, 4.69) is 46.4 Å². The average Bonchev–Trinajstić information content (AvgIpc) is 2.81. The van der Waals surface area contributed by atoms with Gasteiger partial charge >= 0.3 is 0 Å². The lowest BCUT2D eigenvalue weighted by molar-refractivity contribution is -0.159. The SMILES string of the molecule is O=C(c1cnccn1)N1CC(=O)N2[C@H](C1)[C@H](c1ccc(-c3ccccc3)cc1)[C@@H]2CO. The van der Waals surface area contributed by atoms with Gasteiger partial charge < -0.3 is 14.9 Å². The van der Waals surface area contributed by atoms with E-state index in [-0.39, 0.29) is 48.7 Å². The Morgan fingerprint density at radius 1 is 1.03 bits per heavy atom. The van der Waals surface area contributed by atoms with Crippen molar-refractivity contribution in [2.45, 2.75) is 18.0 Å². The zero-order valence-electron chi connectivity index (χ0n) is 16.8. The maximum absolute atomic E-state index is 12.8. The van der Waals surface area contributed by atoms with Crippen molar-refractivity contribution < 1.29 is 14.7 Å². The molecule has 0 saturated carbocycles. The first-order valence-electron chi connectivity index (χ1n) is 10.3. The Hall–Kier alpha value is -3.58. The Bertz CT molecular complexity index is 1090. The van der Waals surface area contributed by atoms with Crippen molar-refractivity contribution in [3.05, 3.63) is 84.4 Å². The van der Waals surface area contributed by atoms with E-state index in [0.29, 0.717) is 6.54 Å². The highest BCUT2D eigenvalue weighted by atomic mass is 16.3. The lowest BCUT2D eigenvalue weighted by Crippen LogP contribution is -2.73. The number of fused-ring (bicyclic) bond motifs is 1. The molecular weight excluding hydrogens is 392 g/mol. The van der Waals surface area contributed by atoms with Crippen molar-refractivity contribution in [1.82, 2.24) is 19.8 Å². The average molecular weight is 414 g/mol. The molecule has 2 aliphatic heterocycles. The van der Waals surface area contributed by atoms with Crippen molar-refractivity contribution in [2.24, 2.45) is 0 Å². The fraction of sp³-hybridized carbons (Fsp3) is 0.250. The molecule has 0 bridgehead atoms. The molecule has 2 saturated heterocycles. The second-order valence-electron chi connectivity index (χ2n) is 7.91. The zero-order chi connectivity index (χ0) is 21.4. The monoisotopic (exact) mass is 414 g/mol. The minimum atomic E-state index is -0.299. The highest BCUT2D eigenvalue weighted by molar-refractivity contribution is 5.96. The molecule has 7 nitrogen and oxygen atoms in total. The van der Waals surface area contributed by atoms with E-state index in [1.807, 2.05) is 18.2 Å². The molecule has 31 heavy (non-hydrogen) atoms. The van der Waals surface area contributed by atoms with Gasteiger partial charge in [-0.3, -0.25) is 14.6 Å². The van der Waals surface area contributed by atoms with Gasteiger partial charge in [-0.05, 0) is 16.7 Å². The number of carbonyl (C=O) groups excluding carboxylic acids is 2. The molecule has 0 spiro atoms. The first-order chi connectivity index (χ1) is 15.2. The predicted octanol–water partition coefficient (Wildman–Crippen LogP) is 1.95. The van der Waals surface area contributed by atoms with Crippen molar-refractivity contribution in [1.29, 1.82) is 0 Å². The summed E-state index contributed by atoms with van der Waals surface area (Å²) in [6, 6.07) is 17.9. The standard InChI is InChI=1S/C24H22N4O3/c29-15-21-23(18-8-6-17(7-9-18)16-4-2-1-3-5-16)20-13-27(14-22(30)28(20)21)24(31)19-12-25-10-11-26-19/h1-12,20-21,23,29H,13-15H2/t20-,21+,23+/m1/s1. The largest absolute Gasteiger partial charge is 0.394 e. The number of carbonyl (C=O) groups is 2. The van der Waals surface area contributed by atoms with Crippen LogP contribution >= 0.6 is 0 Å². The fourth-order valence-corrected chi connectivity index (χ4v) is 4.75. The highest BCUT2D eigenvalue weighted by Gasteiger charge is 2.54. The Morgan fingerprint density at radius 3 is 2.45 bits per heavy atom. The molecule has 2 amide bonds. The third-order valence-electron chi connectivity index (χ3n) is 6.22. The van der Waals surface area contributed by atoms with Gasteiger partial charge in [0, 0.05) is 24.9 Å². The fourth-order valence-electron chi connectivity index (χ4n) is 4.75. The molecule has 2 aliphatic rings. The molecule has 5 rings (SSSR count). The van der Waals surface area contributed by atoms with Gasteiger partial charge in [-0.1, -0.05) is 54.6 Å². The molecule has 2 fully saturated rings. The summed E-state index contributed by atoms with van der Waals surface area (Å²) in [7, 11) is 0. The van der Waals surface area contributed by atoms with Crippen LogP contribution in [0.2, 0.25) is 0 Å². The van der Waals surface area contributed by atoms with Crippen LogP contribution in [0.1, 0.15) is 22.0 Å². The molecule has 0 aliphatic carbocycles. The molecule has 156 valence electrons. The van der Waals surface area contributed by atoms with Crippen LogP contribution < -0.4 is 0 Å². The van der Waals surface area contributed by atoms with Crippen LogP contribution in [0.5, 0.6) is 0 Å². The van der Waals surface area contributed by atoms with Crippen LogP contribution in [-0.2, 0) is 4.79 Å². The van der Waals surface area contributed by atoms with Crippen molar-refractivity contribution in [3.63, 3.8) is 0 Å². The predicted molar refractivity (Wildman–Crippen MR) is 114 cm³/mol. The minimum absolute atomic E-state index is 0.0118. The van der Waals surface area contributed by atoms with Crippen molar-refractivity contribution in [2.75, 3.05) is 19.7 Å². The Morgan fingerprint density at radius 2 is 1.77 bits per heavy atom. The van der Waals surface area contributed by atoms with Crippen LogP contribution in [0, 0.1) is 0 Å². The number of amides is 2. The summed E-state index contributed by atoms with van der Waals surface area (Å²) in [4.78, 5) is 36.9. The molecule has 3 aromatic rings. The first kappa shape index (κ1) is 19.4. The van der Waals surface area contributed by atoms with Crippen LogP contribution in [0.15, 0.2) is 73.2 Å². The van der Waals surface area contributed by atoms with Gasteiger partial charge in [0.2, 0.25) is 5.91 Å². The maximum atomic E-state index is 12.8. The van der Waals surface area contributed by atoms with E-state index in [4.69, 9.17) is 0 Å². The second kappa shape index (κ2) is 7.92. The van der Waals surface area contributed by atoms with Gasteiger partial charge in [-0.25, -0.2) is 4.98 Å². The zero-order valence-corrected chi connectivity index (χ0v) is 16.8. The third-order valence-corrected chi connectivity index (χ3v) is 6.22. The quantitative estimate of drug-likeness (QED) is 0.705. The van der Waals surface area contributed by atoms with Crippen LogP contribution in [0.3, 0.4) is 0 Å². The lowest BCUT2D eigenvalue weighted by Gasteiger charge is -2.58. The summed E-state index contributed by atoms with van der Waals surface area (Å²) in [5, 5.41) is 9.97. The van der Waals surface area contributed by atoms with E-state index in [1.165, 1.54) is 23.5 Å². The minimum Gasteiger partial charge on any atom is -0.394 e. The molecule has 1 N–H and O–H groups in total. The van der Waals surface area contributed by atoms with Gasteiger partial charge in [0.25, 0.3) is 5.91 Å². The summed E-state index contributed by atoms with van der Waals surface area (Å²) in [6.07, 6.45) is 4.39. The highest BCUT2D eigenvalue weighted by Crippen LogP contribution is 2.43. The van der Waals surface area contributed by atoms with Gasteiger partial charge in [0.05, 0.1) is 24.9 Å². The lowest BCUT2D eigenvalue weighted by atomic mass is 9.73.